The Morgan fingerprint density at radius 2 is 1.83 bits per heavy atom. The monoisotopic (exact) mass is 170 g/mol. The van der Waals surface area contributed by atoms with Gasteiger partial charge in [-0.05, 0) is 31.2 Å². The largest absolute Gasteiger partial charge is 0.303 e. The standard InChI is InChI=1S/C11H23N/c1-8-7-12(6)9(2)10(8)11(3,4)5/h8-10H,7H2,1-6H3/i7D. The molecule has 0 radical (unpaired) electrons. The lowest BCUT2D eigenvalue weighted by molar-refractivity contribution is 0.160. The highest BCUT2D eigenvalue weighted by atomic mass is 15.2. The average Bonchev–Trinajstić information content (AvgIpc) is 2.14. The fourth-order valence-electron chi connectivity index (χ4n) is 2.80. The van der Waals surface area contributed by atoms with Crippen molar-refractivity contribution in [3.05, 3.63) is 0 Å². The Kier molecular flexibility index (Phi) is 2.16. The Morgan fingerprint density at radius 1 is 1.33 bits per heavy atom. The molecule has 12 heavy (non-hydrogen) atoms. The average molecular weight is 170 g/mol. The van der Waals surface area contributed by atoms with Crippen LogP contribution in [-0.4, -0.2) is 24.5 Å². The third kappa shape index (κ3) is 1.66. The van der Waals surface area contributed by atoms with E-state index in [0.717, 1.165) is 0 Å². The first-order valence-electron chi connectivity index (χ1n) is 5.48. The molecule has 0 aromatic heterocycles. The van der Waals surface area contributed by atoms with Crippen LogP contribution in [0.2, 0.25) is 0 Å². The lowest BCUT2D eigenvalue weighted by atomic mass is 9.72. The second kappa shape index (κ2) is 3.02. The molecule has 1 heteroatoms. The summed E-state index contributed by atoms with van der Waals surface area (Å²) in [5.74, 6) is 1.12. The van der Waals surface area contributed by atoms with Crippen LogP contribution in [0.5, 0.6) is 0 Å². The molecule has 1 aliphatic heterocycles. The first-order valence-corrected chi connectivity index (χ1v) is 4.91. The molecule has 4 unspecified atom stereocenters. The van der Waals surface area contributed by atoms with Gasteiger partial charge >= 0.3 is 0 Å². The molecule has 1 heterocycles. The van der Waals surface area contributed by atoms with E-state index in [4.69, 9.17) is 1.37 Å². The molecular weight excluding hydrogens is 146 g/mol. The zero-order valence-corrected chi connectivity index (χ0v) is 9.26. The maximum absolute atomic E-state index is 8.01. The minimum atomic E-state index is -0.0146. The molecule has 1 fully saturated rings. The van der Waals surface area contributed by atoms with E-state index in [2.05, 4.69) is 46.6 Å². The number of hydrogen-bond donors (Lipinski definition) is 0. The van der Waals surface area contributed by atoms with E-state index in [1.165, 1.54) is 0 Å². The molecular formula is C11H23N. The van der Waals surface area contributed by atoms with Gasteiger partial charge in [0.15, 0.2) is 0 Å². The van der Waals surface area contributed by atoms with Crippen molar-refractivity contribution in [3.63, 3.8) is 0 Å². The lowest BCUT2D eigenvalue weighted by Gasteiger charge is -2.34. The minimum Gasteiger partial charge on any atom is -0.303 e. The van der Waals surface area contributed by atoms with Gasteiger partial charge in [0.1, 0.15) is 0 Å². The van der Waals surface area contributed by atoms with Crippen molar-refractivity contribution in [3.8, 4) is 0 Å². The Balaban J connectivity index is 2.88. The van der Waals surface area contributed by atoms with Crippen molar-refractivity contribution < 1.29 is 1.37 Å². The van der Waals surface area contributed by atoms with Crippen LogP contribution in [0.3, 0.4) is 0 Å². The van der Waals surface area contributed by atoms with Crippen LogP contribution in [0.1, 0.15) is 36.0 Å². The summed E-state index contributed by atoms with van der Waals surface area (Å²) in [7, 11) is 2.07. The van der Waals surface area contributed by atoms with Crippen LogP contribution in [0, 0.1) is 17.3 Å². The molecule has 1 nitrogen and oxygen atoms in total. The van der Waals surface area contributed by atoms with Crippen LogP contribution in [0.15, 0.2) is 0 Å². The van der Waals surface area contributed by atoms with Gasteiger partial charge < -0.3 is 4.90 Å². The smallest absolute Gasteiger partial charge is 0.0433 e. The van der Waals surface area contributed by atoms with Crippen LogP contribution in [0.4, 0.5) is 0 Å². The Hall–Kier alpha value is -0.0400. The normalized spacial score (nSPS) is 46.3. The van der Waals surface area contributed by atoms with Gasteiger partial charge in [-0.2, -0.15) is 0 Å². The number of rotatable bonds is 0. The summed E-state index contributed by atoms with van der Waals surface area (Å²) in [5, 5.41) is 0. The molecule has 1 saturated heterocycles. The number of nitrogens with zero attached hydrogens (tertiary/aromatic N) is 1. The maximum atomic E-state index is 8.01. The first kappa shape index (κ1) is 8.55. The van der Waals surface area contributed by atoms with Gasteiger partial charge in [0, 0.05) is 13.9 Å². The Labute approximate surface area is 78.5 Å². The molecule has 0 aromatic rings. The van der Waals surface area contributed by atoms with E-state index in [1.807, 2.05) is 0 Å². The van der Waals surface area contributed by atoms with Crippen LogP contribution in [-0.2, 0) is 0 Å². The minimum absolute atomic E-state index is 0.0146. The Morgan fingerprint density at radius 3 is 2.00 bits per heavy atom. The highest BCUT2D eigenvalue weighted by Crippen LogP contribution is 2.40. The van der Waals surface area contributed by atoms with Gasteiger partial charge in [-0.1, -0.05) is 27.7 Å². The van der Waals surface area contributed by atoms with Crippen molar-refractivity contribution in [2.75, 3.05) is 13.6 Å². The molecule has 0 N–H and O–H groups in total. The highest BCUT2D eigenvalue weighted by Gasteiger charge is 2.41. The van der Waals surface area contributed by atoms with Gasteiger partial charge in [0.25, 0.3) is 0 Å². The van der Waals surface area contributed by atoms with E-state index in [1.54, 1.807) is 0 Å². The molecule has 4 atom stereocenters. The first-order chi connectivity index (χ1) is 5.76. The maximum Gasteiger partial charge on any atom is 0.0433 e. The lowest BCUT2D eigenvalue weighted by Crippen LogP contribution is -2.34. The topological polar surface area (TPSA) is 3.24 Å². The summed E-state index contributed by atoms with van der Waals surface area (Å²) in [6.07, 6.45) is 0. The van der Waals surface area contributed by atoms with Crippen molar-refractivity contribution in [1.82, 2.24) is 4.90 Å². The summed E-state index contributed by atoms with van der Waals surface area (Å²) < 4.78 is 8.01. The van der Waals surface area contributed by atoms with Crippen LogP contribution >= 0.6 is 0 Å². The van der Waals surface area contributed by atoms with E-state index < -0.39 is 0 Å². The van der Waals surface area contributed by atoms with Crippen LogP contribution < -0.4 is 0 Å². The zero-order valence-electron chi connectivity index (χ0n) is 10.3. The molecule has 1 rings (SSSR count). The molecule has 0 bridgehead atoms. The fourth-order valence-corrected chi connectivity index (χ4v) is 2.80. The zero-order chi connectivity index (χ0) is 10.4. The molecule has 0 amide bonds. The quantitative estimate of drug-likeness (QED) is 0.540. The summed E-state index contributed by atoms with van der Waals surface area (Å²) in [6, 6.07) is 0.539. The second-order valence-electron chi connectivity index (χ2n) is 5.31. The van der Waals surface area contributed by atoms with Crippen LogP contribution in [0.25, 0.3) is 0 Å². The van der Waals surface area contributed by atoms with Crippen molar-refractivity contribution in [2.45, 2.75) is 40.7 Å². The van der Waals surface area contributed by atoms with E-state index in [9.17, 15) is 0 Å². The Bertz CT molecular complexity index is 171. The van der Waals surface area contributed by atoms with Gasteiger partial charge in [-0.3, -0.25) is 0 Å². The van der Waals surface area contributed by atoms with Crippen molar-refractivity contribution in [1.29, 1.82) is 0 Å². The molecule has 72 valence electrons. The van der Waals surface area contributed by atoms with Gasteiger partial charge in [-0.15, -0.1) is 0 Å². The van der Waals surface area contributed by atoms with E-state index in [-0.39, 0.29) is 6.52 Å². The molecule has 0 aliphatic carbocycles. The summed E-state index contributed by atoms with van der Waals surface area (Å²) in [5.41, 5.74) is 0.322. The predicted molar refractivity (Wildman–Crippen MR) is 54.2 cm³/mol. The summed E-state index contributed by atoms with van der Waals surface area (Å²) in [6.45, 7) is 11.3. The molecule has 0 aromatic carbocycles. The molecule has 0 saturated carbocycles. The second-order valence-corrected chi connectivity index (χ2v) is 5.31. The third-order valence-electron chi connectivity index (χ3n) is 3.20. The highest BCUT2D eigenvalue weighted by molar-refractivity contribution is 4.92. The van der Waals surface area contributed by atoms with Gasteiger partial charge in [-0.25, -0.2) is 0 Å². The third-order valence-corrected chi connectivity index (χ3v) is 3.20. The predicted octanol–water partition coefficient (Wildman–Crippen LogP) is 2.62. The fraction of sp³-hybridized carbons (Fsp3) is 1.00. The van der Waals surface area contributed by atoms with Crippen molar-refractivity contribution in [2.24, 2.45) is 17.3 Å². The van der Waals surface area contributed by atoms with Gasteiger partial charge in [0.2, 0.25) is 0 Å². The molecule has 1 aliphatic rings. The summed E-state index contributed by atoms with van der Waals surface area (Å²) in [4.78, 5) is 2.20. The van der Waals surface area contributed by atoms with E-state index in [0.29, 0.717) is 23.3 Å². The summed E-state index contributed by atoms with van der Waals surface area (Å²) >= 11 is 0. The number of likely N-dealkylation sites (tertiary alicyclic amines) is 1. The number of hydrogen-bond acceptors (Lipinski definition) is 1. The molecule has 0 spiro atoms. The van der Waals surface area contributed by atoms with E-state index >= 15 is 0 Å². The SMILES string of the molecule is [2H]C1C(C)C(C(C)(C)C)C(C)N1C. The van der Waals surface area contributed by atoms with Crippen molar-refractivity contribution >= 4 is 0 Å². The van der Waals surface area contributed by atoms with Gasteiger partial charge in [0.05, 0.1) is 0 Å².